The Kier molecular flexibility index (Phi) is 4.67. The molecule has 1 aromatic carbocycles. The first kappa shape index (κ1) is 19.2. The molecule has 3 heterocycles. The molecule has 0 aliphatic carbocycles. The summed E-state index contributed by atoms with van der Waals surface area (Å²) in [6.45, 7) is 5.57. The van der Waals surface area contributed by atoms with Crippen LogP contribution in [0.3, 0.4) is 0 Å². The van der Waals surface area contributed by atoms with Gasteiger partial charge in [-0.3, -0.25) is 4.57 Å². The third kappa shape index (κ3) is 3.19. The van der Waals surface area contributed by atoms with Gasteiger partial charge in [0.2, 0.25) is 5.75 Å². The molecule has 0 bridgehead atoms. The lowest BCUT2D eigenvalue weighted by Crippen LogP contribution is -2.56. The molecule has 1 aromatic heterocycles. The van der Waals surface area contributed by atoms with Crippen molar-refractivity contribution in [1.82, 2.24) is 9.55 Å². The minimum Gasteiger partial charge on any atom is -0.489 e. The fourth-order valence-corrected chi connectivity index (χ4v) is 3.84. The third-order valence-corrected chi connectivity index (χ3v) is 5.34. The van der Waals surface area contributed by atoms with E-state index in [1.165, 1.54) is 25.3 Å². The molecule has 0 radical (unpaired) electrons. The molecule has 2 aromatic rings. The smallest absolute Gasteiger partial charge is 0.352 e. The Morgan fingerprint density at radius 1 is 1.48 bits per heavy atom. The van der Waals surface area contributed by atoms with Crippen LogP contribution in [0.15, 0.2) is 23.0 Å². The normalized spacial score (nSPS) is 22.6. The van der Waals surface area contributed by atoms with Crippen molar-refractivity contribution < 1.29 is 18.6 Å². The molecule has 1 fully saturated rings. The Hall–Kier alpha value is -3.12. The van der Waals surface area contributed by atoms with Crippen LogP contribution in [-0.2, 0) is 17.9 Å². The van der Waals surface area contributed by atoms with Crippen LogP contribution in [0.2, 0.25) is 0 Å². The molecular weight excluding hydrogens is 379 g/mol. The second kappa shape index (κ2) is 7.04. The van der Waals surface area contributed by atoms with E-state index < -0.39 is 11.5 Å². The second-order valence-electron chi connectivity index (χ2n) is 7.59. The van der Waals surface area contributed by atoms with E-state index in [-0.39, 0.29) is 29.7 Å². The molecule has 8 nitrogen and oxygen atoms in total. The van der Waals surface area contributed by atoms with Gasteiger partial charge in [-0.05, 0) is 31.5 Å². The summed E-state index contributed by atoms with van der Waals surface area (Å²) in [5, 5.41) is 8.99. The van der Waals surface area contributed by atoms with Gasteiger partial charge in [0, 0.05) is 6.54 Å². The van der Waals surface area contributed by atoms with Crippen molar-refractivity contribution >= 4 is 5.82 Å². The van der Waals surface area contributed by atoms with Crippen molar-refractivity contribution in [2.45, 2.75) is 38.6 Å². The SMILES string of the molecule is COc1c(OCc2ccc(F)c(C#N)c2)nc(=O)n2c1N1C[C@H](C)OC[C@@]1(C)C2. The Morgan fingerprint density at radius 3 is 3.00 bits per heavy atom. The van der Waals surface area contributed by atoms with Crippen LogP contribution >= 0.6 is 0 Å². The maximum Gasteiger partial charge on any atom is 0.352 e. The topological polar surface area (TPSA) is 89.6 Å². The summed E-state index contributed by atoms with van der Waals surface area (Å²) < 4.78 is 32.2. The molecule has 2 aliphatic rings. The van der Waals surface area contributed by atoms with Gasteiger partial charge < -0.3 is 19.1 Å². The van der Waals surface area contributed by atoms with Gasteiger partial charge in [0.1, 0.15) is 18.5 Å². The number of anilines is 1. The first-order valence-electron chi connectivity index (χ1n) is 9.25. The summed E-state index contributed by atoms with van der Waals surface area (Å²) in [6.07, 6.45) is 0.00980. The van der Waals surface area contributed by atoms with Crippen LogP contribution in [0.1, 0.15) is 25.0 Å². The number of morpholine rings is 1. The minimum atomic E-state index is -0.594. The lowest BCUT2D eigenvalue weighted by molar-refractivity contribution is 0.00300. The van der Waals surface area contributed by atoms with E-state index in [4.69, 9.17) is 19.5 Å². The standard InChI is InChI=1S/C20H21FN4O4/c1-12-8-25-18-16(27-3)17(23-19(26)24(18)10-20(25,2)11-29-12)28-9-13-4-5-15(21)14(6-13)7-22/h4-6,12H,8-11H2,1-3H3/t12-,20+/m0/s1. The van der Waals surface area contributed by atoms with E-state index in [0.29, 0.717) is 36.8 Å². The maximum absolute atomic E-state index is 13.5. The number of fused-ring (bicyclic) bond motifs is 3. The summed E-state index contributed by atoms with van der Waals surface area (Å²) in [5.41, 5.74) is -0.295. The molecule has 0 amide bonds. The Labute approximate surface area is 167 Å². The fraction of sp³-hybridized carbons (Fsp3) is 0.450. The number of hydrogen-bond donors (Lipinski definition) is 0. The Balaban J connectivity index is 1.69. The van der Waals surface area contributed by atoms with Gasteiger partial charge in [-0.25, -0.2) is 9.18 Å². The number of nitrogens with zero attached hydrogens (tertiary/aromatic N) is 4. The van der Waals surface area contributed by atoms with Crippen molar-refractivity contribution in [1.29, 1.82) is 5.26 Å². The Morgan fingerprint density at radius 2 is 2.28 bits per heavy atom. The lowest BCUT2D eigenvalue weighted by Gasteiger charge is -2.42. The zero-order valence-corrected chi connectivity index (χ0v) is 16.4. The molecule has 152 valence electrons. The van der Waals surface area contributed by atoms with E-state index in [1.54, 1.807) is 10.6 Å². The number of halogens is 1. The number of aromatic nitrogens is 2. The summed E-state index contributed by atoms with van der Waals surface area (Å²) in [7, 11) is 1.50. The molecule has 0 saturated carbocycles. The number of rotatable bonds is 4. The number of ether oxygens (including phenoxy) is 3. The zero-order chi connectivity index (χ0) is 20.8. The van der Waals surface area contributed by atoms with Crippen LogP contribution in [0.5, 0.6) is 11.6 Å². The van der Waals surface area contributed by atoms with Gasteiger partial charge in [-0.1, -0.05) is 6.07 Å². The van der Waals surface area contributed by atoms with Crippen LogP contribution < -0.4 is 20.1 Å². The highest BCUT2D eigenvalue weighted by molar-refractivity contribution is 5.62. The summed E-state index contributed by atoms with van der Waals surface area (Å²) in [5.74, 6) is 0.459. The van der Waals surface area contributed by atoms with Crippen molar-refractivity contribution in [2.75, 3.05) is 25.2 Å². The number of hydrogen-bond acceptors (Lipinski definition) is 7. The second-order valence-corrected chi connectivity index (χ2v) is 7.59. The largest absolute Gasteiger partial charge is 0.489 e. The highest BCUT2D eigenvalue weighted by Gasteiger charge is 2.47. The van der Waals surface area contributed by atoms with E-state index in [9.17, 15) is 9.18 Å². The average molecular weight is 400 g/mol. The predicted octanol–water partition coefficient (Wildman–Crippen LogP) is 1.84. The van der Waals surface area contributed by atoms with E-state index in [0.717, 1.165) is 0 Å². The quantitative estimate of drug-likeness (QED) is 0.774. The Bertz CT molecular complexity index is 1060. The lowest BCUT2D eigenvalue weighted by atomic mass is 10.0. The van der Waals surface area contributed by atoms with Gasteiger partial charge in [0.25, 0.3) is 5.88 Å². The number of methoxy groups -OCH3 is 1. The minimum absolute atomic E-state index is 0.00980. The van der Waals surface area contributed by atoms with Crippen molar-refractivity contribution in [3.8, 4) is 17.7 Å². The molecule has 0 unspecified atom stereocenters. The van der Waals surface area contributed by atoms with Crippen LogP contribution in [0.4, 0.5) is 10.2 Å². The van der Waals surface area contributed by atoms with Gasteiger partial charge in [-0.15, -0.1) is 0 Å². The monoisotopic (exact) mass is 400 g/mol. The highest BCUT2D eigenvalue weighted by Crippen LogP contribution is 2.44. The zero-order valence-electron chi connectivity index (χ0n) is 16.4. The van der Waals surface area contributed by atoms with E-state index in [2.05, 4.69) is 9.88 Å². The third-order valence-electron chi connectivity index (χ3n) is 5.34. The molecule has 2 atom stereocenters. The molecule has 0 spiro atoms. The molecule has 2 aliphatic heterocycles. The first-order chi connectivity index (χ1) is 13.9. The number of benzene rings is 1. The van der Waals surface area contributed by atoms with Crippen LogP contribution in [0, 0.1) is 17.1 Å². The summed E-state index contributed by atoms with van der Waals surface area (Å²) in [4.78, 5) is 18.8. The molecule has 29 heavy (non-hydrogen) atoms. The molecular formula is C20H21FN4O4. The maximum atomic E-state index is 13.5. The summed E-state index contributed by atoms with van der Waals surface area (Å²) >= 11 is 0. The first-order valence-corrected chi connectivity index (χ1v) is 9.25. The van der Waals surface area contributed by atoms with Crippen LogP contribution in [-0.4, -0.2) is 41.5 Å². The fourth-order valence-electron chi connectivity index (χ4n) is 3.84. The van der Waals surface area contributed by atoms with E-state index in [1.807, 2.05) is 13.8 Å². The summed E-state index contributed by atoms with van der Waals surface area (Å²) in [6, 6.07) is 5.93. The number of nitriles is 1. The van der Waals surface area contributed by atoms with Gasteiger partial charge in [-0.2, -0.15) is 10.2 Å². The average Bonchev–Trinajstić information content (AvgIpc) is 3.01. The molecule has 1 saturated heterocycles. The molecule has 0 N–H and O–H groups in total. The van der Waals surface area contributed by atoms with E-state index >= 15 is 0 Å². The van der Waals surface area contributed by atoms with Gasteiger partial charge in [0.05, 0.1) is 37.5 Å². The highest BCUT2D eigenvalue weighted by atomic mass is 19.1. The predicted molar refractivity (Wildman–Crippen MR) is 102 cm³/mol. The van der Waals surface area contributed by atoms with Crippen molar-refractivity contribution in [2.24, 2.45) is 0 Å². The molecule has 4 rings (SSSR count). The van der Waals surface area contributed by atoms with Crippen molar-refractivity contribution in [3.05, 3.63) is 45.6 Å². The van der Waals surface area contributed by atoms with Crippen LogP contribution in [0.25, 0.3) is 0 Å². The van der Waals surface area contributed by atoms with Gasteiger partial charge in [0.15, 0.2) is 5.82 Å². The van der Waals surface area contributed by atoms with Crippen molar-refractivity contribution in [3.63, 3.8) is 0 Å². The molecule has 9 heteroatoms. The van der Waals surface area contributed by atoms with Gasteiger partial charge >= 0.3 is 5.69 Å².